The summed E-state index contributed by atoms with van der Waals surface area (Å²) < 4.78 is 9.61. The number of benzene rings is 1. The summed E-state index contributed by atoms with van der Waals surface area (Å²) >= 11 is 0. The molecule has 0 saturated heterocycles. The average molecular weight is 195 g/mol. The van der Waals surface area contributed by atoms with Crippen LogP contribution in [0.3, 0.4) is 0 Å². The van der Waals surface area contributed by atoms with Crippen LogP contribution in [0.25, 0.3) is 0 Å². The van der Waals surface area contributed by atoms with E-state index in [9.17, 15) is 4.79 Å². The molecule has 0 radical (unpaired) electrons. The van der Waals surface area contributed by atoms with Crippen LogP contribution in [0.5, 0.6) is 5.75 Å². The number of aryl methyl sites for hydroxylation is 1. The van der Waals surface area contributed by atoms with Crippen molar-refractivity contribution in [2.45, 2.75) is 6.92 Å². The molecule has 4 nitrogen and oxygen atoms in total. The Labute approximate surface area is 82.6 Å². The van der Waals surface area contributed by atoms with Gasteiger partial charge in [0.05, 0.1) is 12.8 Å². The zero-order valence-electron chi connectivity index (χ0n) is 8.24. The molecular formula is C10H13NO3. The Morgan fingerprint density at radius 2 is 2.21 bits per heavy atom. The van der Waals surface area contributed by atoms with Gasteiger partial charge in [-0.25, -0.2) is 4.79 Å². The number of ether oxygens (including phenoxy) is 2. The third-order valence-corrected chi connectivity index (χ3v) is 1.86. The molecule has 14 heavy (non-hydrogen) atoms. The Hall–Kier alpha value is -1.71. The van der Waals surface area contributed by atoms with Crippen LogP contribution in [0.15, 0.2) is 18.2 Å². The lowest BCUT2D eigenvalue weighted by Gasteiger charge is -2.08. The lowest BCUT2D eigenvalue weighted by atomic mass is 10.2. The van der Waals surface area contributed by atoms with Gasteiger partial charge in [0, 0.05) is 0 Å². The second-order valence-electron chi connectivity index (χ2n) is 2.85. The smallest absolute Gasteiger partial charge is 0.343 e. The SMILES string of the molecule is COC(=O)COc1cccc(C)c1N. The van der Waals surface area contributed by atoms with E-state index in [0.717, 1.165) is 5.56 Å². The van der Waals surface area contributed by atoms with Crippen molar-refractivity contribution in [3.63, 3.8) is 0 Å². The standard InChI is InChI=1S/C10H13NO3/c1-7-4-3-5-8(10(7)11)14-6-9(12)13-2/h3-5H,6,11H2,1-2H3. The van der Waals surface area contributed by atoms with Crippen LogP contribution in [0.1, 0.15) is 5.56 Å². The zero-order valence-corrected chi connectivity index (χ0v) is 8.24. The Morgan fingerprint density at radius 3 is 2.86 bits per heavy atom. The van der Waals surface area contributed by atoms with Gasteiger partial charge in [-0.2, -0.15) is 0 Å². The van der Waals surface area contributed by atoms with Crippen LogP contribution in [-0.2, 0) is 9.53 Å². The second kappa shape index (κ2) is 4.50. The molecule has 0 atom stereocenters. The number of methoxy groups -OCH3 is 1. The zero-order chi connectivity index (χ0) is 10.6. The number of rotatable bonds is 3. The average Bonchev–Trinajstić information content (AvgIpc) is 2.20. The predicted molar refractivity (Wildman–Crippen MR) is 53.1 cm³/mol. The van der Waals surface area contributed by atoms with Crippen molar-refractivity contribution in [1.82, 2.24) is 0 Å². The number of esters is 1. The van der Waals surface area contributed by atoms with Crippen molar-refractivity contribution in [2.75, 3.05) is 19.5 Å². The summed E-state index contributed by atoms with van der Waals surface area (Å²) in [7, 11) is 1.31. The van der Waals surface area contributed by atoms with Crippen LogP contribution in [0.2, 0.25) is 0 Å². The maximum atomic E-state index is 10.8. The van der Waals surface area contributed by atoms with Crippen LogP contribution < -0.4 is 10.5 Å². The number of carbonyl (C=O) groups is 1. The van der Waals surface area contributed by atoms with Gasteiger partial charge in [-0.15, -0.1) is 0 Å². The summed E-state index contributed by atoms with van der Waals surface area (Å²) in [6, 6.07) is 5.41. The molecule has 0 amide bonds. The van der Waals surface area contributed by atoms with Gasteiger partial charge >= 0.3 is 5.97 Å². The summed E-state index contributed by atoms with van der Waals surface area (Å²) in [5, 5.41) is 0. The van der Waals surface area contributed by atoms with Gasteiger partial charge in [0.2, 0.25) is 0 Å². The van der Waals surface area contributed by atoms with Crippen LogP contribution in [-0.4, -0.2) is 19.7 Å². The minimum atomic E-state index is -0.425. The number of carbonyl (C=O) groups excluding carboxylic acids is 1. The van der Waals surface area contributed by atoms with Crippen molar-refractivity contribution < 1.29 is 14.3 Å². The monoisotopic (exact) mass is 195 g/mol. The molecule has 0 spiro atoms. The highest BCUT2D eigenvalue weighted by molar-refractivity contribution is 5.71. The Balaban J connectivity index is 2.68. The molecule has 0 saturated carbocycles. The number of hydrogen-bond donors (Lipinski definition) is 1. The van der Waals surface area contributed by atoms with Crippen molar-refractivity contribution in [3.05, 3.63) is 23.8 Å². The van der Waals surface area contributed by atoms with Crippen LogP contribution >= 0.6 is 0 Å². The predicted octanol–water partition coefficient (Wildman–Crippen LogP) is 1.13. The third-order valence-electron chi connectivity index (χ3n) is 1.86. The fourth-order valence-corrected chi connectivity index (χ4v) is 0.975. The fraction of sp³-hybridized carbons (Fsp3) is 0.300. The van der Waals surface area contributed by atoms with Gasteiger partial charge in [0.1, 0.15) is 5.75 Å². The first-order valence-corrected chi connectivity index (χ1v) is 4.20. The van der Waals surface area contributed by atoms with E-state index < -0.39 is 5.97 Å². The molecule has 0 aliphatic carbocycles. The van der Waals surface area contributed by atoms with Gasteiger partial charge in [-0.1, -0.05) is 12.1 Å². The first-order chi connectivity index (χ1) is 6.65. The van der Waals surface area contributed by atoms with E-state index >= 15 is 0 Å². The molecule has 0 aliphatic rings. The van der Waals surface area contributed by atoms with Crippen LogP contribution in [0.4, 0.5) is 5.69 Å². The first-order valence-electron chi connectivity index (χ1n) is 4.20. The quantitative estimate of drug-likeness (QED) is 0.580. The molecule has 1 rings (SSSR count). The second-order valence-corrected chi connectivity index (χ2v) is 2.85. The molecule has 0 aromatic heterocycles. The normalized spacial score (nSPS) is 9.57. The Kier molecular flexibility index (Phi) is 3.34. The Morgan fingerprint density at radius 1 is 1.50 bits per heavy atom. The number of nitrogens with two attached hydrogens (primary N) is 1. The molecule has 0 bridgehead atoms. The van der Waals surface area contributed by atoms with Gasteiger partial charge in [-0.05, 0) is 18.6 Å². The summed E-state index contributed by atoms with van der Waals surface area (Å²) in [6.45, 7) is 1.75. The molecule has 0 fully saturated rings. The fourth-order valence-electron chi connectivity index (χ4n) is 0.975. The minimum absolute atomic E-state index is 0.121. The summed E-state index contributed by atoms with van der Waals surface area (Å²) in [5.74, 6) is 0.0845. The highest BCUT2D eigenvalue weighted by Gasteiger charge is 2.05. The minimum Gasteiger partial charge on any atom is -0.480 e. The van der Waals surface area contributed by atoms with Gasteiger partial charge in [-0.3, -0.25) is 0 Å². The van der Waals surface area contributed by atoms with Gasteiger partial charge < -0.3 is 15.2 Å². The van der Waals surface area contributed by atoms with Crippen molar-refractivity contribution >= 4 is 11.7 Å². The molecule has 2 N–H and O–H groups in total. The molecule has 0 unspecified atom stereocenters. The number of anilines is 1. The molecule has 1 aromatic rings. The topological polar surface area (TPSA) is 61.5 Å². The molecule has 1 aromatic carbocycles. The van der Waals surface area contributed by atoms with E-state index in [4.69, 9.17) is 10.5 Å². The number of nitrogen functional groups attached to an aromatic ring is 1. The number of para-hydroxylation sites is 1. The molecular weight excluding hydrogens is 182 g/mol. The largest absolute Gasteiger partial charge is 0.480 e. The lowest BCUT2D eigenvalue weighted by Crippen LogP contribution is -2.13. The highest BCUT2D eigenvalue weighted by atomic mass is 16.6. The molecule has 0 heterocycles. The van der Waals surface area contributed by atoms with Crippen LogP contribution in [0, 0.1) is 6.92 Å². The number of hydrogen-bond acceptors (Lipinski definition) is 4. The molecule has 4 heteroatoms. The summed E-state index contributed by atoms with van der Waals surface area (Å²) in [6.07, 6.45) is 0. The highest BCUT2D eigenvalue weighted by Crippen LogP contribution is 2.23. The van der Waals surface area contributed by atoms with E-state index in [-0.39, 0.29) is 6.61 Å². The van der Waals surface area contributed by atoms with Crippen molar-refractivity contribution in [1.29, 1.82) is 0 Å². The molecule has 0 aliphatic heterocycles. The van der Waals surface area contributed by atoms with Gasteiger partial charge in [0.15, 0.2) is 6.61 Å². The lowest BCUT2D eigenvalue weighted by molar-refractivity contribution is -0.142. The van der Waals surface area contributed by atoms with Gasteiger partial charge in [0.25, 0.3) is 0 Å². The van der Waals surface area contributed by atoms with Crippen molar-refractivity contribution in [2.24, 2.45) is 0 Å². The summed E-state index contributed by atoms with van der Waals surface area (Å²) in [4.78, 5) is 10.8. The van der Waals surface area contributed by atoms with Crippen molar-refractivity contribution in [3.8, 4) is 5.75 Å². The third kappa shape index (κ3) is 2.39. The van der Waals surface area contributed by atoms with E-state index in [0.29, 0.717) is 11.4 Å². The first kappa shape index (κ1) is 10.4. The maximum Gasteiger partial charge on any atom is 0.343 e. The van der Waals surface area contributed by atoms with E-state index in [1.807, 2.05) is 19.1 Å². The van der Waals surface area contributed by atoms with E-state index in [2.05, 4.69) is 4.74 Å². The summed E-state index contributed by atoms with van der Waals surface area (Å²) in [5.41, 5.74) is 7.21. The van der Waals surface area contributed by atoms with E-state index in [1.165, 1.54) is 7.11 Å². The van der Waals surface area contributed by atoms with E-state index in [1.54, 1.807) is 6.07 Å². The maximum absolute atomic E-state index is 10.8. The molecule has 76 valence electrons. The Bertz CT molecular complexity index is 336.